The summed E-state index contributed by atoms with van der Waals surface area (Å²) in [7, 11) is 0. The maximum Gasteiger partial charge on any atom is 0.220 e. The molecule has 0 radical (unpaired) electrons. The molecule has 4 nitrogen and oxygen atoms in total. The first-order valence-electron chi connectivity index (χ1n) is 7.11. The number of rotatable bonds is 8. The summed E-state index contributed by atoms with van der Waals surface area (Å²) in [6, 6.07) is 9.37. The van der Waals surface area contributed by atoms with Crippen LogP contribution in [0.15, 0.2) is 41.2 Å². The maximum absolute atomic E-state index is 11.1. The van der Waals surface area contributed by atoms with Gasteiger partial charge in [-0.25, -0.2) is 4.98 Å². The van der Waals surface area contributed by atoms with Crippen molar-refractivity contribution < 1.29 is 14.6 Å². The third-order valence-corrected chi connectivity index (χ3v) is 3.87. The Balaban J connectivity index is 2.31. The Labute approximate surface area is 129 Å². The lowest BCUT2D eigenvalue weighted by molar-refractivity contribution is -0.274. The van der Waals surface area contributed by atoms with Gasteiger partial charge in [0.05, 0.1) is 11.2 Å². The third kappa shape index (κ3) is 3.89. The van der Waals surface area contributed by atoms with Gasteiger partial charge in [0.25, 0.3) is 0 Å². The predicted molar refractivity (Wildman–Crippen MR) is 83.2 cm³/mol. The molecule has 1 N–H and O–H groups in total. The molecule has 0 bridgehead atoms. The van der Waals surface area contributed by atoms with Crippen LogP contribution in [-0.2, 0) is 21.7 Å². The third-order valence-electron chi connectivity index (χ3n) is 3.23. The number of hydrogen-bond acceptors (Lipinski definition) is 5. The molecular formula is C16H21NO3S. The zero-order valence-corrected chi connectivity index (χ0v) is 13.2. The molecule has 114 valence electrons. The van der Waals surface area contributed by atoms with Gasteiger partial charge in [0, 0.05) is 30.6 Å². The highest BCUT2D eigenvalue weighted by molar-refractivity contribution is 7.07. The first kappa shape index (κ1) is 16.1. The van der Waals surface area contributed by atoms with Gasteiger partial charge in [-0.05, 0) is 13.8 Å². The summed E-state index contributed by atoms with van der Waals surface area (Å²) < 4.78 is 11.5. The van der Waals surface area contributed by atoms with Crippen molar-refractivity contribution in [3.8, 4) is 0 Å². The monoisotopic (exact) mass is 307 g/mol. The molecule has 2 rings (SSSR count). The van der Waals surface area contributed by atoms with Gasteiger partial charge < -0.3 is 14.6 Å². The second-order valence-corrected chi connectivity index (χ2v) is 5.34. The number of ether oxygens (including phenoxy) is 2. The van der Waals surface area contributed by atoms with Crippen LogP contribution in [0.2, 0.25) is 0 Å². The molecule has 0 aliphatic carbocycles. The first-order valence-corrected chi connectivity index (χ1v) is 8.05. The zero-order valence-electron chi connectivity index (χ0n) is 12.4. The summed E-state index contributed by atoms with van der Waals surface area (Å²) >= 11 is 1.53. The van der Waals surface area contributed by atoms with E-state index in [-0.39, 0.29) is 0 Å². The summed E-state index contributed by atoms with van der Waals surface area (Å²) in [5.41, 5.74) is 3.37. The van der Waals surface area contributed by atoms with Gasteiger partial charge in [0.2, 0.25) is 5.79 Å². The van der Waals surface area contributed by atoms with E-state index in [1.54, 1.807) is 5.51 Å². The van der Waals surface area contributed by atoms with Gasteiger partial charge in [-0.15, -0.1) is 11.3 Å². The molecule has 0 spiro atoms. The zero-order chi connectivity index (χ0) is 15.1. The van der Waals surface area contributed by atoms with Crippen LogP contribution < -0.4 is 0 Å². The molecule has 0 aliphatic heterocycles. The number of aromatic nitrogens is 1. The summed E-state index contributed by atoms with van der Waals surface area (Å²) in [5, 5.41) is 13.1. The summed E-state index contributed by atoms with van der Waals surface area (Å²) in [6.45, 7) is 4.66. The Morgan fingerprint density at radius 1 is 1.24 bits per heavy atom. The lowest BCUT2D eigenvalue weighted by atomic mass is 9.96. The Morgan fingerprint density at radius 2 is 2.00 bits per heavy atom. The van der Waals surface area contributed by atoms with E-state index in [0.717, 1.165) is 5.69 Å². The second kappa shape index (κ2) is 7.66. The lowest BCUT2D eigenvalue weighted by Crippen LogP contribution is -2.45. The topological polar surface area (TPSA) is 51.6 Å². The van der Waals surface area contributed by atoms with E-state index in [1.807, 2.05) is 49.6 Å². The fourth-order valence-corrected chi connectivity index (χ4v) is 2.87. The number of hydrogen-bond donors (Lipinski definition) is 1. The quantitative estimate of drug-likeness (QED) is 0.762. The number of aliphatic hydroxyl groups is 1. The van der Waals surface area contributed by atoms with Gasteiger partial charge in [-0.2, -0.15) is 0 Å². The highest BCUT2D eigenvalue weighted by Crippen LogP contribution is 2.31. The minimum absolute atomic E-state index is 0.395. The van der Waals surface area contributed by atoms with E-state index in [1.165, 1.54) is 11.3 Å². The van der Waals surface area contributed by atoms with Crippen LogP contribution in [-0.4, -0.2) is 29.4 Å². The molecule has 0 amide bonds. The van der Waals surface area contributed by atoms with Gasteiger partial charge in [0.15, 0.2) is 0 Å². The van der Waals surface area contributed by atoms with Crippen LogP contribution in [0.25, 0.3) is 0 Å². The average molecular weight is 307 g/mol. The molecule has 1 aromatic carbocycles. The first-order chi connectivity index (χ1) is 10.2. The Morgan fingerprint density at radius 3 is 2.57 bits per heavy atom. The fraction of sp³-hybridized carbons (Fsp3) is 0.438. The number of thiazole rings is 1. The Hall–Kier alpha value is -1.27. The number of benzene rings is 1. The molecular weight excluding hydrogens is 286 g/mol. The van der Waals surface area contributed by atoms with E-state index in [9.17, 15) is 5.11 Å². The molecule has 0 saturated carbocycles. The van der Waals surface area contributed by atoms with Crippen molar-refractivity contribution in [2.75, 3.05) is 13.2 Å². The van der Waals surface area contributed by atoms with Crippen LogP contribution in [0.3, 0.4) is 0 Å². The molecule has 0 saturated heterocycles. The van der Waals surface area contributed by atoms with Crippen molar-refractivity contribution in [1.29, 1.82) is 0 Å². The molecule has 21 heavy (non-hydrogen) atoms. The Kier molecular flexibility index (Phi) is 5.87. The molecule has 2 unspecified atom stereocenters. The molecule has 5 heteroatoms. The Bertz CT molecular complexity index is 518. The van der Waals surface area contributed by atoms with Crippen LogP contribution in [0.1, 0.15) is 25.1 Å². The van der Waals surface area contributed by atoms with Crippen molar-refractivity contribution >= 4 is 11.3 Å². The predicted octanol–water partition coefficient (Wildman–Crippen LogP) is 2.97. The molecule has 2 atom stereocenters. The van der Waals surface area contributed by atoms with Crippen molar-refractivity contribution in [3.05, 3.63) is 52.5 Å². The smallest absolute Gasteiger partial charge is 0.220 e. The summed E-state index contributed by atoms with van der Waals surface area (Å²) in [4.78, 5) is 4.28. The van der Waals surface area contributed by atoms with Gasteiger partial charge >= 0.3 is 0 Å². The minimum atomic E-state index is -1.48. The van der Waals surface area contributed by atoms with E-state index in [4.69, 9.17) is 9.47 Å². The lowest BCUT2D eigenvalue weighted by Gasteiger charge is -2.35. The van der Waals surface area contributed by atoms with Crippen LogP contribution in [0.5, 0.6) is 0 Å². The summed E-state index contributed by atoms with van der Waals surface area (Å²) in [6.07, 6.45) is -0.00474. The van der Waals surface area contributed by atoms with Crippen molar-refractivity contribution in [1.82, 2.24) is 4.98 Å². The number of nitrogens with zero attached hydrogens (tertiary/aromatic N) is 1. The molecule has 2 aromatic rings. The normalized spacial score (nSPS) is 15.6. The van der Waals surface area contributed by atoms with Gasteiger partial charge in [-0.3, -0.25) is 0 Å². The van der Waals surface area contributed by atoms with E-state index < -0.39 is 11.9 Å². The maximum atomic E-state index is 11.1. The minimum Gasteiger partial charge on any atom is -0.372 e. The van der Waals surface area contributed by atoms with Crippen LogP contribution >= 0.6 is 11.3 Å². The average Bonchev–Trinajstić information content (AvgIpc) is 3.01. The van der Waals surface area contributed by atoms with Crippen molar-refractivity contribution in [3.63, 3.8) is 0 Å². The molecule has 0 aliphatic rings. The van der Waals surface area contributed by atoms with Crippen LogP contribution in [0.4, 0.5) is 0 Å². The molecule has 1 aromatic heterocycles. The SMILES string of the molecule is CCOC(Cc1cscn1)C(O)(OCC)c1ccccc1. The molecule has 0 fully saturated rings. The van der Waals surface area contributed by atoms with Crippen molar-refractivity contribution in [2.24, 2.45) is 0 Å². The van der Waals surface area contributed by atoms with E-state index in [0.29, 0.717) is 25.2 Å². The highest BCUT2D eigenvalue weighted by Gasteiger charge is 2.40. The molecule has 1 heterocycles. The highest BCUT2D eigenvalue weighted by atomic mass is 32.1. The summed E-state index contributed by atoms with van der Waals surface area (Å²) in [5.74, 6) is -1.48. The fourth-order valence-electron chi connectivity index (χ4n) is 2.30. The largest absolute Gasteiger partial charge is 0.372 e. The van der Waals surface area contributed by atoms with E-state index >= 15 is 0 Å². The van der Waals surface area contributed by atoms with Crippen LogP contribution in [0, 0.1) is 0 Å². The second-order valence-electron chi connectivity index (χ2n) is 4.62. The van der Waals surface area contributed by atoms with Crippen molar-refractivity contribution in [2.45, 2.75) is 32.2 Å². The standard InChI is InChI=1S/C16H21NO3S/c1-3-19-15(10-14-11-21-12-17-14)16(18,20-4-2)13-8-6-5-7-9-13/h5-9,11-12,15,18H,3-4,10H2,1-2H3. The van der Waals surface area contributed by atoms with Gasteiger partial charge in [-0.1, -0.05) is 30.3 Å². The van der Waals surface area contributed by atoms with E-state index in [2.05, 4.69) is 4.98 Å². The van der Waals surface area contributed by atoms with Gasteiger partial charge in [0.1, 0.15) is 6.10 Å².